The lowest BCUT2D eigenvalue weighted by atomic mass is 10.1. The Bertz CT molecular complexity index is 399. The normalized spacial score (nSPS) is 15.8. The maximum Gasteiger partial charge on any atom is 0.195 e. The molecule has 14 heavy (non-hydrogen) atoms. The molecule has 0 atom stereocenters. The van der Waals surface area contributed by atoms with Crippen LogP contribution in [0, 0.1) is 17.5 Å². The molecule has 0 bridgehead atoms. The van der Waals surface area contributed by atoms with Crippen LogP contribution in [0.25, 0.3) is 5.57 Å². The van der Waals surface area contributed by atoms with Gasteiger partial charge in [0.05, 0.1) is 0 Å². The standard InChI is InChI=1S/C10H8F3N/c11-8-2-1-7(9(12)10(8)13)6-3-4-14-5-6/h1-3,14H,4-5H2. The minimum Gasteiger partial charge on any atom is -0.309 e. The monoisotopic (exact) mass is 199 g/mol. The number of halogens is 3. The summed E-state index contributed by atoms with van der Waals surface area (Å²) in [5, 5.41) is 2.96. The average Bonchev–Trinajstić information content (AvgIpc) is 2.67. The molecule has 1 nitrogen and oxygen atoms in total. The highest BCUT2D eigenvalue weighted by Gasteiger charge is 2.17. The van der Waals surface area contributed by atoms with Gasteiger partial charge < -0.3 is 5.32 Å². The second-order valence-corrected chi connectivity index (χ2v) is 3.08. The van der Waals surface area contributed by atoms with Crippen LogP contribution in [0.3, 0.4) is 0 Å². The first kappa shape index (κ1) is 9.27. The molecule has 1 N–H and O–H groups in total. The van der Waals surface area contributed by atoms with Crippen LogP contribution in [0.5, 0.6) is 0 Å². The number of nitrogens with one attached hydrogen (secondary N) is 1. The minimum atomic E-state index is -1.41. The molecule has 0 spiro atoms. The molecule has 0 aliphatic carbocycles. The summed E-state index contributed by atoms with van der Waals surface area (Å²) in [7, 11) is 0. The van der Waals surface area contributed by atoms with Crippen molar-refractivity contribution in [2.45, 2.75) is 0 Å². The second kappa shape index (κ2) is 3.46. The van der Waals surface area contributed by atoms with E-state index in [4.69, 9.17) is 0 Å². The third kappa shape index (κ3) is 1.42. The Labute approximate surface area is 79.2 Å². The van der Waals surface area contributed by atoms with Gasteiger partial charge in [0.2, 0.25) is 0 Å². The van der Waals surface area contributed by atoms with Gasteiger partial charge in [-0.2, -0.15) is 0 Å². The van der Waals surface area contributed by atoms with Gasteiger partial charge in [-0.1, -0.05) is 6.08 Å². The van der Waals surface area contributed by atoms with Crippen LogP contribution >= 0.6 is 0 Å². The molecule has 0 aromatic heterocycles. The van der Waals surface area contributed by atoms with Gasteiger partial charge in [0.15, 0.2) is 17.5 Å². The van der Waals surface area contributed by atoms with Gasteiger partial charge in [-0.05, 0) is 17.7 Å². The van der Waals surface area contributed by atoms with Gasteiger partial charge >= 0.3 is 0 Å². The van der Waals surface area contributed by atoms with Crippen molar-refractivity contribution in [3.05, 3.63) is 41.2 Å². The summed E-state index contributed by atoms with van der Waals surface area (Å²) in [6, 6.07) is 2.19. The Morgan fingerprint density at radius 2 is 1.86 bits per heavy atom. The van der Waals surface area contributed by atoms with Gasteiger partial charge in [-0.25, -0.2) is 13.2 Å². The van der Waals surface area contributed by atoms with Crippen molar-refractivity contribution >= 4 is 5.57 Å². The smallest absolute Gasteiger partial charge is 0.195 e. The van der Waals surface area contributed by atoms with Crippen molar-refractivity contribution in [1.82, 2.24) is 5.32 Å². The largest absolute Gasteiger partial charge is 0.309 e. The van der Waals surface area contributed by atoms with E-state index in [2.05, 4.69) is 5.32 Å². The van der Waals surface area contributed by atoms with Crippen LogP contribution in [0.4, 0.5) is 13.2 Å². The second-order valence-electron chi connectivity index (χ2n) is 3.08. The fraction of sp³-hybridized carbons (Fsp3) is 0.200. The Morgan fingerprint density at radius 1 is 1.07 bits per heavy atom. The molecule has 74 valence electrons. The summed E-state index contributed by atoms with van der Waals surface area (Å²) in [4.78, 5) is 0. The van der Waals surface area contributed by atoms with Crippen molar-refractivity contribution in [3.8, 4) is 0 Å². The Morgan fingerprint density at radius 3 is 2.50 bits per heavy atom. The van der Waals surface area contributed by atoms with Crippen molar-refractivity contribution in [1.29, 1.82) is 0 Å². The van der Waals surface area contributed by atoms with E-state index in [9.17, 15) is 13.2 Å². The van der Waals surface area contributed by atoms with Gasteiger partial charge in [-0.3, -0.25) is 0 Å². The fourth-order valence-electron chi connectivity index (χ4n) is 1.45. The molecule has 0 saturated carbocycles. The zero-order chi connectivity index (χ0) is 10.1. The molecule has 0 amide bonds. The molecular formula is C10H8F3N. The molecule has 2 rings (SSSR count). The molecule has 1 aliphatic heterocycles. The maximum absolute atomic E-state index is 13.2. The molecule has 0 fully saturated rings. The third-order valence-corrected chi connectivity index (χ3v) is 2.19. The van der Waals surface area contributed by atoms with E-state index in [1.807, 2.05) is 0 Å². The minimum absolute atomic E-state index is 0.133. The number of benzene rings is 1. The highest BCUT2D eigenvalue weighted by molar-refractivity contribution is 5.69. The van der Waals surface area contributed by atoms with Crippen molar-refractivity contribution in [2.75, 3.05) is 13.1 Å². The summed E-state index contributed by atoms with van der Waals surface area (Å²) in [6.45, 7) is 1.12. The first-order valence-corrected chi connectivity index (χ1v) is 4.24. The van der Waals surface area contributed by atoms with E-state index < -0.39 is 17.5 Å². The average molecular weight is 199 g/mol. The molecule has 0 saturated heterocycles. The highest BCUT2D eigenvalue weighted by atomic mass is 19.2. The molecule has 4 heteroatoms. The molecule has 1 aromatic carbocycles. The van der Waals surface area contributed by atoms with E-state index in [-0.39, 0.29) is 5.56 Å². The van der Waals surface area contributed by atoms with Crippen LogP contribution in [0.15, 0.2) is 18.2 Å². The molecule has 0 unspecified atom stereocenters. The molecule has 0 radical (unpaired) electrons. The summed E-state index contributed by atoms with van der Waals surface area (Å²) in [6.07, 6.45) is 1.76. The lowest BCUT2D eigenvalue weighted by Gasteiger charge is -2.04. The number of hydrogen-bond acceptors (Lipinski definition) is 1. The first-order chi connectivity index (χ1) is 6.70. The Kier molecular flexibility index (Phi) is 2.29. The van der Waals surface area contributed by atoms with Crippen LogP contribution in [-0.4, -0.2) is 13.1 Å². The highest BCUT2D eigenvalue weighted by Crippen LogP contribution is 2.23. The molecule has 1 heterocycles. The summed E-state index contributed by atoms with van der Waals surface area (Å²) in [5.74, 6) is -3.67. The van der Waals surface area contributed by atoms with Crippen LogP contribution < -0.4 is 5.32 Å². The topological polar surface area (TPSA) is 12.0 Å². The lowest BCUT2D eigenvalue weighted by molar-refractivity contribution is 0.445. The Hall–Kier alpha value is -1.29. The Balaban J connectivity index is 2.49. The van der Waals surface area contributed by atoms with E-state index in [1.54, 1.807) is 6.08 Å². The van der Waals surface area contributed by atoms with Crippen LogP contribution in [0.2, 0.25) is 0 Å². The zero-order valence-corrected chi connectivity index (χ0v) is 7.28. The van der Waals surface area contributed by atoms with E-state index >= 15 is 0 Å². The third-order valence-electron chi connectivity index (χ3n) is 2.19. The van der Waals surface area contributed by atoms with Crippen LogP contribution in [-0.2, 0) is 0 Å². The summed E-state index contributed by atoms with van der Waals surface area (Å²) < 4.78 is 38.7. The van der Waals surface area contributed by atoms with E-state index in [0.29, 0.717) is 18.7 Å². The van der Waals surface area contributed by atoms with Gasteiger partial charge in [0, 0.05) is 18.7 Å². The quantitative estimate of drug-likeness (QED) is 0.683. The van der Waals surface area contributed by atoms with Crippen molar-refractivity contribution < 1.29 is 13.2 Å². The lowest BCUT2D eigenvalue weighted by Crippen LogP contribution is -2.08. The van der Waals surface area contributed by atoms with Crippen molar-refractivity contribution in [2.24, 2.45) is 0 Å². The van der Waals surface area contributed by atoms with Gasteiger partial charge in [0.25, 0.3) is 0 Å². The van der Waals surface area contributed by atoms with Crippen LogP contribution in [0.1, 0.15) is 5.56 Å². The van der Waals surface area contributed by atoms with E-state index in [1.165, 1.54) is 6.07 Å². The first-order valence-electron chi connectivity index (χ1n) is 4.24. The molecule has 1 aromatic rings. The summed E-state index contributed by atoms with van der Waals surface area (Å²) in [5.41, 5.74) is 0.801. The number of rotatable bonds is 1. The predicted octanol–water partition coefficient (Wildman–Crippen LogP) is 2.09. The van der Waals surface area contributed by atoms with Gasteiger partial charge in [-0.15, -0.1) is 0 Å². The van der Waals surface area contributed by atoms with Gasteiger partial charge in [0.1, 0.15) is 0 Å². The summed E-state index contributed by atoms with van der Waals surface area (Å²) >= 11 is 0. The predicted molar refractivity (Wildman–Crippen MR) is 47.2 cm³/mol. The maximum atomic E-state index is 13.2. The molecular weight excluding hydrogens is 191 g/mol. The zero-order valence-electron chi connectivity index (χ0n) is 7.28. The fourth-order valence-corrected chi connectivity index (χ4v) is 1.45. The number of hydrogen-bond donors (Lipinski definition) is 1. The SMILES string of the molecule is Fc1ccc(C2=CCNC2)c(F)c1F. The van der Waals surface area contributed by atoms with E-state index in [0.717, 1.165) is 6.07 Å². The van der Waals surface area contributed by atoms with Crippen molar-refractivity contribution in [3.63, 3.8) is 0 Å². The molecule has 1 aliphatic rings.